The van der Waals surface area contributed by atoms with Gasteiger partial charge in [0.2, 0.25) is 16.8 Å². The van der Waals surface area contributed by atoms with Crippen LogP contribution in [-0.2, 0) is 21.4 Å². The van der Waals surface area contributed by atoms with Gasteiger partial charge in [0, 0.05) is 37.7 Å². The molecular weight excluding hydrogens is 474 g/mol. The first kappa shape index (κ1) is 22.8. The van der Waals surface area contributed by atoms with Crippen LogP contribution in [0.1, 0.15) is 18.4 Å². The zero-order valence-electron chi connectivity index (χ0n) is 18.8. The molecule has 2 aliphatic heterocycles. The Balaban J connectivity index is 1.36. The number of thiazole rings is 1. The monoisotopic (exact) mass is 499 g/mol. The molecule has 0 spiro atoms. The lowest BCUT2D eigenvalue weighted by Crippen LogP contribution is -2.40. The van der Waals surface area contributed by atoms with E-state index in [0.717, 1.165) is 15.8 Å². The number of allylic oxidation sites excluding steroid dienone is 1. The second-order valence-electron chi connectivity index (χ2n) is 8.40. The number of piperidine rings is 1. The maximum Gasteiger partial charge on any atom is 0.251 e. The fourth-order valence-corrected chi connectivity index (χ4v) is 6.76. The summed E-state index contributed by atoms with van der Waals surface area (Å²) in [4.78, 5) is 18.4. The van der Waals surface area contributed by atoms with Crippen molar-refractivity contribution in [2.75, 3.05) is 19.9 Å². The Morgan fingerprint density at radius 1 is 1.18 bits per heavy atom. The van der Waals surface area contributed by atoms with Crippen LogP contribution in [0.15, 0.2) is 58.9 Å². The highest BCUT2D eigenvalue weighted by molar-refractivity contribution is 7.89. The normalized spacial score (nSPS) is 17.4. The highest BCUT2D eigenvalue weighted by atomic mass is 32.2. The molecule has 0 aliphatic carbocycles. The summed E-state index contributed by atoms with van der Waals surface area (Å²) in [5.74, 6) is 0.808. The van der Waals surface area contributed by atoms with Crippen LogP contribution in [-0.4, -0.2) is 43.1 Å². The van der Waals surface area contributed by atoms with E-state index >= 15 is 0 Å². The van der Waals surface area contributed by atoms with Gasteiger partial charge in [-0.15, -0.1) is 6.58 Å². The van der Waals surface area contributed by atoms with Gasteiger partial charge in [0.15, 0.2) is 16.3 Å². The quantitative estimate of drug-likeness (QED) is 0.502. The van der Waals surface area contributed by atoms with Crippen molar-refractivity contribution in [3.05, 3.63) is 59.4 Å². The lowest BCUT2D eigenvalue weighted by atomic mass is 9.98. The predicted molar refractivity (Wildman–Crippen MR) is 129 cm³/mol. The SMILES string of the molecule is C=CCn1c(=NC(=O)C2CCN(S(=O)(=O)c3ccc(C)cc3)CC2)sc2cc3c(cc21)OCO3. The van der Waals surface area contributed by atoms with Gasteiger partial charge >= 0.3 is 0 Å². The fraction of sp³-hybridized carbons (Fsp3) is 0.333. The van der Waals surface area contributed by atoms with Gasteiger partial charge in [0.25, 0.3) is 5.91 Å². The molecule has 0 N–H and O–H groups in total. The van der Waals surface area contributed by atoms with Crippen LogP contribution >= 0.6 is 11.3 Å². The summed E-state index contributed by atoms with van der Waals surface area (Å²) < 4.78 is 41.2. The molecule has 0 unspecified atom stereocenters. The molecule has 5 rings (SSSR count). The van der Waals surface area contributed by atoms with Crippen molar-refractivity contribution in [2.24, 2.45) is 10.9 Å². The molecule has 178 valence electrons. The van der Waals surface area contributed by atoms with Crippen molar-refractivity contribution in [1.29, 1.82) is 0 Å². The molecule has 0 bridgehead atoms. The van der Waals surface area contributed by atoms with Crippen molar-refractivity contribution in [1.82, 2.24) is 8.87 Å². The smallest absolute Gasteiger partial charge is 0.251 e. The molecule has 0 radical (unpaired) electrons. The minimum atomic E-state index is -3.57. The average molecular weight is 500 g/mol. The van der Waals surface area contributed by atoms with Gasteiger partial charge in [0.1, 0.15) is 0 Å². The van der Waals surface area contributed by atoms with Gasteiger partial charge in [-0.2, -0.15) is 9.30 Å². The van der Waals surface area contributed by atoms with Gasteiger partial charge in [-0.05, 0) is 31.9 Å². The molecular formula is C24H25N3O5S2. The zero-order valence-corrected chi connectivity index (χ0v) is 20.4. The molecule has 0 saturated carbocycles. The van der Waals surface area contributed by atoms with E-state index in [2.05, 4.69) is 11.6 Å². The Hall–Kier alpha value is -2.95. The standard InChI is InChI=1S/C24H25N3O5S2/c1-3-10-27-19-13-20-21(32-15-31-20)14-22(19)33-24(27)25-23(28)17-8-11-26(12-9-17)34(29,30)18-6-4-16(2)5-7-18/h3-7,13-14,17H,1,8-12,15H2,2H3. The second-order valence-corrected chi connectivity index (χ2v) is 11.3. The number of hydrogen-bond acceptors (Lipinski definition) is 6. The molecule has 3 heterocycles. The number of aryl methyl sites for hydroxylation is 1. The molecule has 10 heteroatoms. The van der Waals surface area contributed by atoms with Gasteiger partial charge in [-0.25, -0.2) is 8.42 Å². The summed E-state index contributed by atoms with van der Waals surface area (Å²) >= 11 is 1.41. The van der Waals surface area contributed by atoms with Crippen LogP contribution in [0.25, 0.3) is 10.2 Å². The summed E-state index contributed by atoms with van der Waals surface area (Å²) in [5.41, 5.74) is 1.91. The van der Waals surface area contributed by atoms with Gasteiger partial charge < -0.3 is 14.0 Å². The first-order chi connectivity index (χ1) is 16.4. The van der Waals surface area contributed by atoms with E-state index < -0.39 is 10.0 Å². The summed E-state index contributed by atoms with van der Waals surface area (Å²) in [6.07, 6.45) is 2.64. The molecule has 1 fully saturated rings. The number of carbonyl (C=O) groups excluding carboxylic acids is 1. The average Bonchev–Trinajstić information content (AvgIpc) is 3.42. The maximum absolute atomic E-state index is 13.0. The van der Waals surface area contributed by atoms with E-state index in [0.29, 0.717) is 48.8 Å². The number of aromatic nitrogens is 1. The summed E-state index contributed by atoms with van der Waals surface area (Å²) in [7, 11) is -3.57. The molecule has 1 amide bonds. The third kappa shape index (κ3) is 4.17. The number of ether oxygens (including phenoxy) is 2. The summed E-state index contributed by atoms with van der Waals surface area (Å²) in [6.45, 7) is 7.03. The molecule has 3 aromatic rings. The minimum absolute atomic E-state index is 0.197. The van der Waals surface area contributed by atoms with E-state index in [-0.39, 0.29) is 23.5 Å². The predicted octanol–water partition coefficient (Wildman–Crippen LogP) is 3.45. The number of sulfonamides is 1. The van der Waals surface area contributed by atoms with Gasteiger partial charge in [0.05, 0.1) is 15.1 Å². The topological polar surface area (TPSA) is 90.2 Å². The highest BCUT2D eigenvalue weighted by Gasteiger charge is 2.32. The van der Waals surface area contributed by atoms with Crippen molar-refractivity contribution in [3.8, 4) is 11.5 Å². The molecule has 34 heavy (non-hydrogen) atoms. The maximum atomic E-state index is 13.0. The van der Waals surface area contributed by atoms with Crippen LogP contribution in [0.4, 0.5) is 0 Å². The Bertz CT molecular complexity index is 1430. The van der Waals surface area contributed by atoms with E-state index in [9.17, 15) is 13.2 Å². The Morgan fingerprint density at radius 3 is 2.53 bits per heavy atom. The first-order valence-corrected chi connectivity index (χ1v) is 13.3. The van der Waals surface area contributed by atoms with E-state index in [1.807, 2.05) is 23.6 Å². The lowest BCUT2D eigenvalue weighted by Gasteiger charge is -2.29. The summed E-state index contributed by atoms with van der Waals surface area (Å²) in [5, 5.41) is 0. The number of rotatable bonds is 5. The molecule has 1 saturated heterocycles. The Kier molecular flexibility index (Phi) is 6.05. The number of amides is 1. The molecule has 8 nitrogen and oxygen atoms in total. The van der Waals surface area contributed by atoms with Crippen LogP contribution in [0.5, 0.6) is 11.5 Å². The van der Waals surface area contributed by atoms with Crippen LogP contribution < -0.4 is 14.3 Å². The van der Waals surface area contributed by atoms with Crippen LogP contribution in [0.3, 0.4) is 0 Å². The van der Waals surface area contributed by atoms with Crippen LogP contribution in [0, 0.1) is 12.8 Å². The Labute approximate surface area is 201 Å². The van der Waals surface area contributed by atoms with Crippen LogP contribution in [0.2, 0.25) is 0 Å². The minimum Gasteiger partial charge on any atom is -0.454 e. The number of fused-ring (bicyclic) bond motifs is 2. The number of carbonyl (C=O) groups is 1. The molecule has 2 aliphatic rings. The Morgan fingerprint density at radius 2 is 1.85 bits per heavy atom. The highest BCUT2D eigenvalue weighted by Crippen LogP contribution is 2.37. The second kappa shape index (κ2) is 9.01. The number of benzene rings is 2. The third-order valence-electron chi connectivity index (χ3n) is 6.16. The summed E-state index contributed by atoms with van der Waals surface area (Å²) in [6, 6.07) is 10.6. The van der Waals surface area contributed by atoms with Crippen molar-refractivity contribution in [3.63, 3.8) is 0 Å². The lowest BCUT2D eigenvalue weighted by molar-refractivity contribution is -0.122. The fourth-order valence-electron chi connectivity index (χ4n) is 4.24. The first-order valence-electron chi connectivity index (χ1n) is 11.1. The van der Waals surface area contributed by atoms with E-state index in [1.165, 1.54) is 15.6 Å². The number of hydrogen-bond donors (Lipinski definition) is 0. The zero-order chi connectivity index (χ0) is 23.9. The van der Waals surface area contributed by atoms with Crippen molar-refractivity contribution in [2.45, 2.75) is 31.2 Å². The third-order valence-corrected chi connectivity index (χ3v) is 9.11. The molecule has 2 aromatic carbocycles. The van der Waals surface area contributed by atoms with Crippen molar-refractivity contribution < 1.29 is 22.7 Å². The van der Waals surface area contributed by atoms with Gasteiger partial charge in [-0.3, -0.25) is 4.79 Å². The van der Waals surface area contributed by atoms with Crippen molar-refractivity contribution >= 4 is 37.5 Å². The number of nitrogens with zero attached hydrogens (tertiary/aromatic N) is 3. The van der Waals surface area contributed by atoms with Gasteiger partial charge in [-0.1, -0.05) is 35.1 Å². The molecule has 1 aromatic heterocycles. The van der Waals surface area contributed by atoms with E-state index in [4.69, 9.17) is 9.47 Å². The largest absolute Gasteiger partial charge is 0.454 e. The molecule has 0 atom stereocenters. The van der Waals surface area contributed by atoms with E-state index in [1.54, 1.807) is 30.3 Å².